The van der Waals surface area contributed by atoms with Gasteiger partial charge in [-0.3, -0.25) is 9.59 Å². The van der Waals surface area contributed by atoms with Crippen molar-refractivity contribution in [2.75, 3.05) is 23.4 Å². The highest BCUT2D eigenvalue weighted by Gasteiger charge is 2.21. The van der Waals surface area contributed by atoms with Crippen molar-refractivity contribution >= 4 is 35.3 Å². The van der Waals surface area contributed by atoms with Crippen molar-refractivity contribution in [1.29, 1.82) is 0 Å². The molecule has 0 bridgehead atoms. The Labute approximate surface area is 166 Å². The third-order valence-electron chi connectivity index (χ3n) is 4.14. The highest BCUT2D eigenvalue weighted by Crippen LogP contribution is 2.18. The Morgan fingerprint density at radius 3 is 2.38 bits per heavy atom. The molecule has 1 heterocycles. The van der Waals surface area contributed by atoms with Crippen LogP contribution in [0.2, 0.25) is 0 Å². The molecule has 0 saturated heterocycles. The maximum Gasteiger partial charge on any atom is 0.326 e. The van der Waals surface area contributed by atoms with Crippen LogP contribution >= 0.6 is 0 Å². The highest BCUT2D eigenvalue weighted by molar-refractivity contribution is 5.97. The average molecular weight is 402 g/mol. The van der Waals surface area contributed by atoms with Gasteiger partial charge in [0.15, 0.2) is 0 Å². The number of aromatic nitrogens is 2. The fraction of sp³-hybridized carbons (Fsp3) is 0.278. The van der Waals surface area contributed by atoms with E-state index in [-0.39, 0.29) is 30.2 Å². The van der Waals surface area contributed by atoms with Crippen LogP contribution in [-0.2, 0) is 16.1 Å². The molecule has 2 aromatic rings. The normalized spacial score (nSPS) is 11.5. The van der Waals surface area contributed by atoms with Gasteiger partial charge in [0, 0.05) is 43.0 Å². The van der Waals surface area contributed by atoms with E-state index < -0.39 is 23.9 Å². The summed E-state index contributed by atoms with van der Waals surface area (Å²) in [7, 11) is 1.82. The number of carbonyl (C=O) groups excluding carboxylic acids is 1. The predicted molar refractivity (Wildman–Crippen MR) is 105 cm³/mol. The van der Waals surface area contributed by atoms with Gasteiger partial charge in [-0.25, -0.2) is 9.78 Å². The molecule has 0 spiro atoms. The number of nitrogens with zero attached hydrogens (tertiary/aromatic N) is 3. The standard InChI is InChI=1S/C18H22N6O5/c1-24(9-11-8-21-18(20)23-15(11)19)12-4-2-10(3-5-12)16(27)22-13(17(28)29)6-7-14(25)26/h2-5,8,13H,6-7,9H2,1H3,(H,22,27)(H,25,26)(H,28,29)(H4,19,20,21,23). The van der Waals surface area contributed by atoms with Crippen molar-refractivity contribution in [1.82, 2.24) is 15.3 Å². The molecule has 2 rings (SSSR count). The largest absolute Gasteiger partial charge is 0.481 e. The number of carbonyl (C=O) groups is 3. The van der Waals surface area contributed by atoms with Crippen molar-refractivity contribution in [2.24, 2.45) is 0 Å². The van der Waals surface area contributed by atoms with Gasteiger partial charge < -0.3 is 31.9 Å². The molecule has 1 aromatic carbocycles. The smallest absolute Gasteiger partial charge is 0.326 e. The third kappa shape index (κ3) is 6.06. The van der Waals surface area contributed by atoms with Crippen LogP contribution in [-0.4, -0.2) is 51.1 Å². The molecular formula is C18H22N6O5. The van der Waals surface area contributed by atoms with E-state index in [0.29, 0.717) is 12.1 Å². The molecule has 7 N–H and O–H groups in total. The highest BCUT2D eigenvalue weighted by atomic mass is 16.4. The van der Waals surface area contributed by atoms with Crippen LogP contribution in [0.4, 0.5) is 17.5 Å². The first kappa shape index (κ1) is 21.4. The summed E-state index contributed by atoms with van der Waals surface area (Å²) in [6, 6.07) is 5.18. The van der Waals surface area contributed by atoms with E-state index in [1.165, 1.54) is 0 Å². The Morgan fingerprint density at radius 1 is 1.17 bits per heavy atom. The van der Waals surface area contributed by atoms with Crippen molar-refractivity contribution in [3.8, 4) is 0 Å². The summed E-state index contributed by atoms with van der Waals surface area (Å²) in [5.41, 5.74) is 13.0. The predicted octanol–water partition coefficient (Wildman–Crippen LogP) is 0.325. The Kier molecular flexibility index (Phi) is 6.90. The van der Waals surface area contributed by atoms with Gasteiger partial charge in [0.05, 0.1) is 0 Å². The Hall–Kier alpha value is -3.89. The Morgan fingerprint density at radius 2 is 1.83 bits per heavy atom. The van der Waals surface area contributed by atoms with E-state index in [1.54, 1.807) is 30.5 Å². The van der Waals surface area contributed by atoms with E-state index in [2.05, 4.69) is 15.3 Å². The molecule has 11 nitrogen and oxygen atoms in total. The summed E-state index contributed by atoms with van der Waals surface area (Å²) in [5, 5.41) is 20.1. The number of carboxylic acids is 2. The minimum atomic E-state index is -1.29. The van der Waals surface area contributed by atoms with Crippen LogP contribution in [0.15, 0.2) is 30.5 Å². The zero-order chi connectivity index (χ0) is 21.6. The number of hydrogen-bond acceptors (Lipinski definition) is 8. The summed E-state index contributed by atoms with van der Waals surface area (Å²) < 4.78 is 0. The maximum absolute atomic E-state index is 12.3. The fourth-order valence-electron chi connectivity index (χ4n) is 2.54. The molecule has 11 heteroatoms. The van der Waals surface area contributed by atoms with E-state index in [1.807, 2.05) is 11.9 Å². The first-order chi connectivity index (χ1) is 13.7. The second-order valence-corrected chi connectivity index (χ2v) is 6.34. The molecule has 0 aliphatic heterocycles. The number of benzene rings is 1. The number of rotatable bonds is 9. The summed E-state index contributed by atoms with van der Waals surface area (Å²) in [4.78, 5) is 43.8. The number of hydrogen-bond donors (Lipinski definition) is 5. The van der Waals surface area contributed by atoms with Gasteiger partial charge in [0.1, 0.15) is 11.9 Å². The monoisotopic (exact) mass is 402 g/mol. The second kappa shape index (κ2) is 9.35. The molecule has 0 aliphatic carbocycles. The molecule has 0 aliphatic rings. The van der Waals surface area contributed by atoms with Crippen molar-refractivity contribution < 1.29 is 24.6 Å². The van der Waals surface area contributed by atoms with Crippen LogP contribution < -0.4 is 21.7 Å². The zero-order valence-electron chi connectivity index (χ0n) is 15.7. The van der Waals surface area contributed by atoms with Crippen LogP contribution in [0.1, 0.15) is 28.8 Å². The second-order valence-electron chi connectivity index (χ2n) is 6.34. The first-order valence-electron chi connectivity index (χ1n) is 8.61. The van der Waals surface area contributed by atoms with Crippen molar-refractivity contribution in [3.05, 3.63) is 41.6 Å². The lowest BCUT2D eigenvalue weighted by Crippen LogP contribution is -2.41. The van der Waals surface area contributed by atoms with E-state index in [4.69, 9.17) is 21.7 Å². The number of carboxylic acid groups (broad SMARTS) is 2. The molecule has 0 radical (unpaired) electrons. The molecule has 0 saturated carbocycles. The lowest BCUT2D eigenvalue weighted by Gasteiger charge is -2.20. The van der Waals surface area contributed by atoms with Crippen molar-refractivity contribution in [2.45, 2.75) is 25.4 Å². The van der Waals surface area contributed by atoms with Crippen molar-refractivity contribution in [3.63, 3.8) is 0 Å². The molecule has 154 valence electrons. The number of nitrogens with two attached hydrogens (primary N) is 2. The SMILES string of the molecule is CN(Cc1cnc(N)nc1N)c1ccc(C(=O)NC(CCC(=O)O)C(=O)O)cc1. The van der Waals surface area contributed by atoms with E-state index in [9.17, 15) is 14.4 Å². The van der Waals surface area contributed by atoms with Crippen LogP contribution in [0.25, 0.3) is 0 Å². The number of nitrogen functional groups attached to an aromatic ring is 2. The van der Waals surface area contributed by atoms with E-state index in [0.717, 1.165) is 5.69 Å². The topological polar surface area (TPSA) is 185 Å². The first-order valence-corrected chi connectivity index (χ1v) is 8.61. The van der Waals surface area contributed by atoms with Gasteiger partial charge in [0.25, 0.3) is 5.91 Å². The van der Waals surface area contributed by atoms with Gasteiger partial charge in [-0.05, 0) is 30.7 Å². The maximum atomic E-state index is 12.3. The summed E-state index contributed by atoms with van der Waals surface area (Å²) >= 11 is 0. The quantitative estimate of drug-likeness (QED) is 0.391. The molecular weight excluding hydrogens is 380 g/mol. The number of amides is 1. The van der Waals surface area contributed by atoms with Gasteiger partial charge >= 0.3 is 11.9 Å². The Bertz CT molecular complexity index is 902. The minimum Gasteiger partial charge on any atom is -0.481 e. The van der Waals surface area contributed by atoms with Crippen LogP contribution in [0.5, 0.6) is 0 Å². The van der Waals surface area contributed by atoms with E-state index >= 15 is 0 Å². The summed E-state index contributed by atoms with van der Waals surface area (Å²) in [5.74, 6) is -2.66. The third-order valence-corrected chi connectivity index (χ3v) is 4.14. The van der Waals surface area contributed by atoms with Gasteiger partial charge in [-0.2, -0.15) is 4.98 Å². The summed E-state index contributed by atoms with van der Waals surface area (Å²) in [6.45, 7) is 0.411. The molecule has 1 unspecified atom stereocenters. The van der Waals surface area contributed by atoms with Gasteiger partial charge in [-0.15, -0.1) is 0 Å². The average Bonchev–Trinajstić information content (AvgIpc) is 2.66. The Balaban J connectivity index is 2.03. The summed E-state index contributed by atoms with van der Waals surface area (Å²) in [6.07, 6.45) is 0.973. The van der Waals surface area contributed by atoms with Gasteiger partial charge in [-0.1, -0.05) is 0 Å². The minimum absolute atomic E-state index is 0.0901. The zero-order valence-corrected chi connectivity index (χ0v) is 15.7. The number of anilines is 3. The number of aliphatic carboxylic acids is 2. The fourth-order valence-corrected chi connectivity index (χ4v) is 2.54. The molecule has 1 amide bonds. The van der Waals surface area contributed by atoms with Gasteiger partial charge in [0.2, 0.25) is 5.95 Å². The molecule has 1 aromatic heterocycles. The lowest BCUT2D eigenvalue weighted by atomic mass is 10.1. The van der Waals surface area contributed by atoms with Crippen LogP contribution in [0, 0.1) is 0 Å². The lowest BCUT2D eigenvalue weighted by molar-refractivity contribution is -0.140. The molecule has 1 atom stereocenters. The van der Waals surface area contributed by atoms with Crippen LogP contribution in [0.3, 0.4) is 0 Å². The number of nitrogens with one attached hydrogen (secondary N) is 1. The molecule has 29 heavy (non-hydrogen) atoms. The molecule has 0 fully saturated rings.